The molecule has 0 bridgehead atoms. The molecule has 3 fully saturated rings. The highest BCUT2D eigenvalue weighted by molar-refractivity contribution is 7.91. The van der Waals surface area contributed by atoms with Crippen molar-refractivity contribution in [3.05, 3.63) is 108 Å². The van der Waals surface area contributed by atoms with E-state index in [1.807, 2.05) is 85.8 Å². The SMILES string of the molecule is Cc1ccc2c(O[C@@H]3C[C@H]4C(=O)C[C@]5(C(=O)NS(=O)(=O)C6(C)CC6)C[C@H]5/C=C\CCCCC[C@H](CCc5ccccc5)C(=O)N4C3)cc(-c3ccccc3)nc2c1. The van der Waals surface area contributed by atoms with Crippen LogP contribution < -0.4 is 9.46 Å². The molecule has 2 amide bonds. The molecule has 4 aliphatic rings. The fourth-order valence-electron chi connectivity index (χ4n) is 8.82. The first-order chi connectivity index (χ1) is 27.4. The molecule has 0 unspecified atom stereocenters. The van der Waals surface area contributed by atoms with Crippen LogP contribution in [0.5, 0.6) is 5.75 Å². The van der Waals surface area contributed by atoms with E-state index < -0.39 is 38.2 Å². The van der Waals surface area contributed by atoms with Crippen molar-refractivity contribution in [3.8, 4) is 17.0 Å². The van der Waals surface area contributed by atoms with Crippen LogP contribution in [0.2, 0.25) is 0 Å². The van der Waals surface area contributed by atoms with Crippen LogP contribution in [0.15, 0.2) is 97.1 Å². The minimum Gasteiger partial charge on any atom is -0.488 e. The number of nitrogens with one attached hydrogen (secondary N) is 1. The van der Waals surface area contributed by atoms with Gasteiger partial charge in [0, 0.05) is 35.8 Å². The zero-order valence-electron chi connectivity index (χ0n) is 33.0. The lowest BCUT2D eigenvalue weighted by molar-refractivity contribution is -0.142. The minimum atomic E-state index is -3.91. The van der Waals surface area contributed by atoms with Crippen molar-refractivity contribution in [2.24, 2.45) is 17.3 Å². The van der Waals surface area contributed by atoms with Crippen LogP contribution in [-0.2, 0) is 30.8 Å². The van der Waals surface area contributed by atoms with Gasteiger partial charge >= 0.3 is 0 Å². The molecular weight excluding hydrogens is 735 g/mol. The standard InChI is InChI=1S/C47H53N3O6S/c1-32-20-23-38-40(26-32)48-39(34-16-11-7-12-17-34)28-43(38)56-37-27-41-42(51)30-47(45(53)49-57(54,55)46(2)24-25-46)29-36(47)19-13-5-3-4-10-18-35(44(52)50(41)31-37)22-21-33-14-8-6-9-15-33/h6-9,11-17,19-20,23,26,28,35-37,41H,3-5,10,18,21-22,24-25,27,29-31H2,1-2H3,(H,49,53)/b19-13-/t35-,36-,37-,41+,47-/m1/s1. The Kier molecular flexibility index (Phi) is 10.8. The molecule has 0 spiro atoms. The summed E-state index contributed by atoms with van der Waals surface area (Å²) in [5.74, 6) is -0.808. The van der Waals surface area contributed by atoms with E-state index in [1.165, 1.54) is 5.56 Å². The maximum atomic E-state index is 14.9. The Morgan fingerprint density at radius 2 is 1.72 bits per heavy atom. The molecule has 298 valence electrons. The second kappa shape index (κ2) is 15.8. The molecule has 4 aromatic rings. The first kappa shape index (κ1) is 39.0. The van der Waals surface area contributed by atoms with Crippen LogP contribution in [0.1, 0.15) is 88.7 Å². The highest BCUT2D eigenvalue weighted by atomic mass is 32.2. The first-order valence-electron chi connectivity index (χ1n) is 20.7. The Bertz CT molecular complexity index is 2290. The molecule has 10 heteroatoms. The summed E-state index contributed by atoms with van der Waals surface area (Å²) in [7, 11) is -3.91. The van der Waals surface area contributed by atoms with E-state index >= 15 is 0 Å². The summed E-state index contributed by atoms with van der Waals surface area (Å²) in [6.45, 7) is 3.90. The quantitative estimate of drug-likeness (QED) is 0.170. The van der Waals surface area contributed by atoms with Crippen molar-refractivity contribution in [1.82, 2.24) is 14.6 Å². The van der Waals surface area contributed by atoms with Gasteiger partial charge in [-0.1, -0.05) is 91.7 Å². The number of allylic oxidation sites excluding steroid dienone is 2. The number of nitrogens with zero attached hydrogens (tertiary/aromatic N) is 2. The highest BCUT2D eigenvalue weighted by Gasteiger charge is 2.62. The van der Waals surface area contributed by atoms with Gasteiger partial charge in [0.1, 0.15) is 11.9 Å². The molecule has 1 aromatic heterocycles. The largest absolute Gasteiger partial charge is 0.488 e. The molecular formula is C47H53N3O6S. The van der Waals surface area contributed by atoms with E-state index in [0.717, 1.165) is 66.2 Å². The maximum Gasteiger partial charge on any atom is 0.240 e. The maximum absolute atomic E-state index is 14.9. The van der Waals surface area contributed by atoms with Gasteiger partial charge in [-0.2, -0.15) is 0 Å². The lowest BCUT2D eigenvalue weighted by Crippen LogP contribution is -2.47. The number of sulfonamides is 1. The van der Waals surface area contributed by atoms with E-state index in [2.05, 4.69) is 22.9 Å². The Morgan fingerprint density at radius 1 is 0.965 bits per heavy atom. The van der Waals surface area contributed by atoms with E-state index in [9.17, 15) is 22.8 Å². The summed E-state index contributed by atoms with van der Waals surface area (Å²) in [5.41, 5.74) is 3.56. The van der Waals surface area contributed by atoms with Crippen molar-refractivity contribution in [1.29, 1.82) is 0 Å². The molecule has 0 radical (unpaired) electrons. The normalized spacial score (nSPS) is 26.7. The van der Waals surface area contributed by atoms with Gasteiger partial charge in [-0.05, 0) is 94.4 Å². The van der Waals surface area contributed by atoms with Gasteiger partial charge in [0.15, 0.2) is 5.78 Å². The Balaban J connectivity index is 1.12. The molecule has 1 N–H and O–H groups in total. The number of benzene rings is 3. The van der Waals surface area contributed by atoms with Crippen LogP contribution in [0.25, 0.3) is 22.2 Å². The number of pyridine rings is 1. The third-order valence-electron chi connectivity index (χ3n) is 12.9. The number of hydrogen-bond acceptors (Lipinski definition) is 7. The summed E-state index contributed by atoms with van der Waals surface area (Å²) in [6, 6.07) is 27.3. The monoisotopic (exact) mass is 787 g/mol. The number of fused-ring (bicyclic) bond motifs is 3. The number of aryl methyl sites for hydroxylation is 2. The van der Waals surface area contributed by atoms with Crippen LogP contribution in [0.3, 0.4) is 0 Å². The average molecular weight is 788 g/mol. The number of aromatic nitrogens is 1. The molecule has 5 atom stereocenters. The molecule has 3 heterocycles. The van der Waals surface area contributed by atoms with E-state index in [4.69, 9.17) is 9.72 Å². The van der Waals surface area contributed by atoms with Gasteiger partial charge in [0.05, 0.1) is 34.0 Å². The van der Waals surface area contributed by atoms with E-state index in [-0.39, 0.29) is 42.9 Å². The molecule has 2 aliphatic carbocycles. The number of carbonyl (C=O) groups is 3. The summed E-state index contributed by atoms with van der Waals surface area (Å²) < 4.78 is 34.8. The third-order valence-corrected chi connectivity index (χ3v) is 15.0. The smallest absolute Gasteiger partial charge is 0.240 e. The average Bonchev–Trinajstić information content (AvgIpc) is 4.09. The van der Waals surface area contributed by atoms with Crippen molar-refractivity contribution >= 4 is 38.5 Å². The molecule has 1 saturated heterocycles. The first-order valence-corrected chi connectivity index (χ1v) is 22.2. The van der Waals surface area contributed by atoms with Gasteiger partial charge in [0.25, 0.3) is 0 Å². The van der Waals surface area contributed by atoms with Gasteiger partial charge in [-0.25, -0.2) is 13.4 Å². The fraction of sp³-hybridized carbons (Fsp3) is 0.447. The van der Waals surface area contributed by atoms with Crippen LogP contribution in [0, 0.1) is 24.2 Å². The summed E-state index contributed by atoms with van der Waals surface area (Å²) in [6.07, 6.45) is 10.8. The van der Waals surface area contributed by atoms with Gasteiger partial charge in [-0.15, -0.1) is 0 Å². The molecule has 9 nitrogen and oxygen atoms in total. The number of ether oxygens (including phenoxy) is 1. The van der Waals surface area contributed by atoms with Crippen molar-refractivity contribution in [2.45, 2.75) is 108 Å². The summed E-state index contributed by atoms with van der Waals surface area (Å²) in [4.78, 5) is 50.4. The molecule has 57 heavy (non-hydrogen) atoms. The number of ketones is 1. The number of amides is 2. The second-order valence-electron chi connectivity index (χ2n) is 17.2. The highest BCUT2D eigenvalue weighted by Crippen LogP contribution is 2.57. The second-order valence-corrected chi connectivity index (χ2v) is 19.4. The van der Waals surface area contributed by atoms with Gasteiger partial charge < -0.3 is 9.64 Å². The Hall–Kier alpha value is -4.83. The molecule has 8 rings (SSSR count). The van der Waals surface area contributed by atoms with E-state index in [1.54, 1.807) is 11.8 Å². The zero-order valence-corrected chi connectivity index (χ0v) is 33.8. The zero-order chi connectivity index (χ0) is 39.8. The summed E-state index contributed by atoms with van der Waals surface area (Å²) >= 11 is 0. The number of carbonyl (C=O) groups excluding carboxylic acids is 3. The lowest BCUT2D eigenvalue weighted by atomic mass is 9.90. The van der Waals surface area contributed by atoms with E-state index in [0.29, 0.717) is 31.4 Å². The predicted molar refractivity (Wildman–Crippen MR) is 222 cm³/mol. The number of rotatable bonds is 9. The third kappa shape index (κ3) is 8.29. The minimum absolute atomic E-state index is 0.0568. The van der Waals surface area contributed by atoms with Crippen molar-refractivity contribution < 1.29 is 27.5 Å². The van der Waals surface area contributed by atoms with Crippen LogP contribution in [-0.4, -0.2) is 59.3 Å². The molecule has 2 aliphatic heterocycles. The molecule has 2 saturated carbocycles. The Labute approximate surface area is 336 Å². The fourth-order valence-corrected chi connectivity index (χ4v) is 10.2. The lowest BCUT2D eigenvalue weighted by Gasteiger charge is -2.29. The Morgan fingerprint density at radius 3 is 2.47 bits per heavy atom. The van der Waals surface area contributed by atoms with Gasteiger partial charge in [0.2, 0.25) is 21.8 Å². The van der Waals surface area contributed by atoms with Gasteiger partial charge in [-0.3, -0.25) is 19.1 Å². The number of Topliss-reactive ketones (excluding diaryl/α,β-unsaturated/α-hetero) is 1. The van der Waals surface area contributed by atoms with Crippen molar-refractivity contribution in [2.75, 3.05) is 6.54 Å². The topological polar surface area (TPSA) is 123 Å². The summed E-state index contributed by atoms with van der Waals surface area (Å²) in [5, 5.41) is 0.844. The number of hydrogen-bond donors (Lipinski definition) is 1. The predicted octanol–water partition coefficient (Wildman–Crippen LogP) is 8.29. The van der Waals surface area contributed by atoms with Crippen LogP contribution in [0.4, 0.5) is 0 Å². The van der Waals surface area contributed by atoms with Crippen molar-refractivity contribution in [3.63, 3.8) is 0 Å². The molecule has 3 aromatic carbocycles. The van der Waals surface area contributed by atoms with Crippen LogP contribution >= 0.6 is 0 Å².